The molecule has 2 aromatic rings. The van der Waals surface area contributed by atoms with Crippen molar-refractivity contribution in [1.82, 2.24) is 10.2 Å². The van der Waals surface area contributed by atoms with E-state index in [-0.39, 0.29) is 55.7 Å². The molecule has 0 aromatic heterocycles. The zero-order valence-corrected chi connectivity index (χ0v) is 31.8. The highest BCUT2D eigenvalue weighted by molar-refractivity contribution is 7.72. The lowest BCUT2D eigenvalue weighted by molar-refractivity contribution is -0.167. The number of amides is 2. The molecule has 0 unspecified atom stereocenters. The van der Waals surface area contributed by atoms with Gasteiger partial charge in [-0.3, -0.25) is 28.3 Å². The number of carboxylic acid groups (broad SMARTS) is 1. The Morgan fingerprint density at radius 1 is 0.909 bits per heavy atom. The van der Waals surface area contributed by atoms with E-state index in [1.807, 2.05) is 0 Å². The van der Waals surface area contributed by atoms with E-state index in [9.17, 15) is 53.0 Å². The van der Waals surface area contributed by atoms with Gasteiger partial charge in [-0.15, -0.1) is 0 Å². The molecule has 0 spiro atoms. The second-order valence-electron chi connectivity index (χ2n) is 13.3. The quantitative estimate of drug-likeness (QED) is 0.0345. The fourth-order valence-electron chi connectivity index (χ4n) is 6.00. The molecule has 1 fully saturated rings. The number of carboxylic acids is 1. The van der Waals surface area contributed by atoms with Gasteiger partial charge in [0.1, 0.15) is 0 Å². The molecule has 1 heterocycles. The predicted octanol–water partition coefficient (Wildman–Crippen LogP) is 4.81. The van der Waals surface area contributed by atoms with Gasteiger partial charge in [0.2, 0.25) is 5.91 Å². The number of aliphatic hydroxyl groups is 1. The van der Waals surface area contributed by atoms with Crippen molar-refractivity contribution in [3.8, 4) is 0 Å². The number of benzene rings is 2. The van der Waals surface area contributed by atoms with Crippen molar-refractivity contribution in [2.45, 2.75) is 100 Å². The number of esters is 1. The monoisotopic (exact) mass is 816 g/mol. The van der Waals surface area contributed by atoms with Crippen LogP contribution in [0.2, 0.25) is 0 Å². The molecule has 2 aromatic carbocycles. The summed E-state index contributed by atoms with van der Waals surface area (Å²) in [6, 6.07) is 12.1. The number of carbonyl (C=O) groups excluding carboxylic acids is 3. The number of nitrogens with zero attached hydrogens (tertiary/aromatic N) is 1. The SMILES string of the molecule is O=C(O)CCCCCCN1C(=O)CC[C@@H]1/C=C/[C@@H](OC(=O)Cc1ccc(C(=O)NCCCCCC(O)(P(=O)(O)O)P(=O)(O)O)cc1)C(F)(F)c1ccccc1. The number of likely N-dealkylation sites (tertiary alicyclic amines) is 1. The van der Waals surface area contributed by atoms with Crippen molar-refractivity contribution >= 4 is 38.9 Å². The Morgan fingerprint density at radius 2 is 1.53 bits per heavy atom. The standard InChI is InChI=1S/C36H48F2N2O13P2/c37-36(38,28-11-5-3-6-12-28)30(20-18-29-19-21-31(41)40(29)24-10-2-1-7-13-32(42)43)53-33(44)25-26-14-16-27(17-15-26)34(45)39-23-9-4-8-22-35(46,54(47,48)49)55(50,51)52/h3,5-6,11-12,14-18,20,29-30,46H,1-2,4,7-10,13,19,21-25H2,(H,39,45)(H,42,43)(H2,47,48,49)(H2,50,51,52)/b20-18+/t29-,30+/m0/s1. The lowest BCUT2D eigenvalue weighted by atomic mass is 10.0. The fourth-order valence-corrected chi connectivity index (χ4v) is 8.26. The van der Waals surface area contributed by atoms with Crippen LogP contribution in [-0.4, -0.2) is 88.8 Å². The predicted molar refractivity (Wildman–Crippen MR) is 195 cm³/mol. The molecule has 1 saturated heterocycles. The maximum absolute atomic E-state index is 15.8. The molecule has 304 valence electrons. The number of halogens is 2. The van der Waals surface area contributed by atoms with Gasteiger partial charge in [0.15, 0.2) is 6.10 Å². The summed E-state index contributed by atoms with van der Waals surface area (Å²) in [5, 5.41) is 17.8. The summed E-state index contributed by atoms with van der Waals surface area (Å²) in [4.78, 5) is 87.4. The maximum atomic E-state index is 15.8. The summed E-state index contributed by atoms with van der Waals surface area (Å²) < 4.78 is 59.9. The summed E-state index contributed by atoms with van der Waals surface area (Å²) in [5.41, 5.74) is 0.185. The molecule has 55 heavy (non-hydrogen) atoms. The molecule has 0 saturated carbocycles. The molecule has 0 aliphatic carbocycles. The summed E-state index contributed by atoms with van der Waals surface area (Å²) >= 11 is 0. The second kappa shape index (κ2) is 20.4. The van der Waals surface area contributed by atoms with Crippen molar-refractivity contribution in [3.05, 3.63) is 83.4 Å². The highest BCUT2D eigenvalue weighted by atomic mass is 31.2. The average Bonchev–Trinajstić information content (AvgIpc) is 3.47. The van der Waals surface area contributed by atoms with Crippen LogP contribution in [0.15, 0.2) is 66.7 Å². The number of carbonyl (C=O) groups is 4. The first kappa shape index (κ1) is 45.6. The number of hydrogen-bond acceptors (Lipinski definition) is 8. The highest BCUT2D eigenvalue weighted by Gasteiger charge is 2.58. The zero-order chi connectivity index (χ0) is 40.9. The molecule has 0 bridgehead atoms. The van der Waals surface area contributed by atoms with Crippen LogP contribution < -0.4 is 5.32 Å². The molecule has 2 atom stereocenters. The number of rotatable bonds is 23. The topological polar surface area (TPSA) is 248 Å². The number of alkyl halides is 2. The molecular formula is C36H48F2N2O13P2. The number of unbranched alkanes of at least 4 members (excludes halogenated alkanes) is 5. The van der Waals surface area contributed by atoms with Crippen molar-refractivity contribution < 1.29 is 71.6 Å². The van der Waals surface area contributed by atoms with E-state index < -0.39 is 69.0 Å². The summed E-state index contributed by atoms with van der Waals surface area (Å²) in [7, 11) is -11.1. The van der Waals surface area contributed by atoms with Crippen molar-refractivity contribution in [2.24, 2.45) is 0 Å². The van der Waals surface area contributed by atoms with E-state index in [1.165, 1.54) is 54.6 Å². The first-order valence-electron chi connectivity index (χ1n) is 17.8. The Morgan fingerprint density at radius 3 is 2.15 bits per heavy atom. The Balaban J connectivity index is 1.57. The van der Waals surface area contributed by atoms with Crippen LogP contribution >= 0.6 is 15.2 Å². The molecule has 7 N–H and O–H groups in total. The third kappa shape index (κ3) is 13.4. The van der Waals surface area contributed by atoms with E-state index in [1.54, 1.807) is 11.0 Å². The van der Waals surface area contributed by atoms with Gasteiger partial charge in [0.25, 0.3) is 11.0 Å². The minimum Gasteiger partial charge on any atom is -0.481 e. The molecular weight excluding hydrogens is 768 g/mol. The molecule has 15 nitrogen and oxygen atoms in total. The third-order valence-electron chi connectivity index (χ3n) is 9.17. The molecule has 1 aliphatic heterocycles. The second-order valence-corrected chi connectivity index (χ2v) is 17.3. The minimum absolute atomic E-state index is 0.0625. The van der Waals surface area contributed by atoms with Crippen LogP contribution in [0, 0.1) is 0 Å². The highest BCUT2D eigenvalue weighted by Crippen LogP contribution is 2.69. The Hall–Kier alpha value is -3.82. The zero-order valence-electron chi connectivity index (χ0n) is 30.0. The van der Waals surface area contributed by atoms with Crippen LogP contribution in [0.25, 0.3) is 0 Å². The smallest absolute Gasteiger partial charge is 0.369 e. The van der Waals surface area contributed by atoms with Crippen molar-refractivity contribution in [2.75, 3.05) is 13.1 Å². The Labute approximate surface area is 317 Å². The van der Waals surface area contributed by atoms with Gasteiger partial charge in [-0.1, -0.05) is 67.8 Å². The lowest BCUT2D eigenvalue weighted by Crippen LogP contribution is -2.36. The van der Waals surface area contributed by atoms with E-state index in [4.69, 9.17) is 9.84 Å². The molecule has 19 heteroatoms. The minimum atomic E-state index is -5.55. The van der Waals surface area contributed by atoms with Gasteiger partial charge in [0.05, 0.1) is 12.5 Å². The van der Waals surface area contributed by atoms with Crippen molar-refractivity contribution in [3.63, 3.8) is 0 Å². The van der Waals surface area contributed by atoms with E-state index in [2.05, 4.69) is 5.32 Å². The van der Waals surface area contributed by atoms with Gasteiger partial charge in [-0.05, 0) is 62.3 Å². The van der Waals surface area contributed by atoms with Gasteiger partial charge in [-0.25, -0.2) is 0 Å². The Kier molecular flexibility index (Phi) is 16.9. The van der Waals surface area contributed by atoms with Crippen LogP contribution in [0.4, 0.5) is 8.78 Å². The number of hydrogen-bond donors (Lipinski definition) is 7. The summed E-state index contributed by atoms with van der Waals surface area (Å²) in [6.07, 6.45) is 2.78. The first-order valence-corrected chi connectivity index (χ1v) is 21.0. The first-order chi connectivity index (χ1) is 25.8. The number of ether oxygens (including phenoxy) is 1. The van der Waals surface area contributed by atoms with Crippen molar-refractivity contribution in [1.29, 1.82) is 0 Å². The molecule has 1 aliphatic rings. The van der Waals surface area contributed by atoms with E-state index >= 15 is 8.78 Å². The van der Waals surface area contributed by atoms with Gasteiger partial charge in [0, 0.05) is 37.1 Å². The van der Waals surface area contributed by atoms with Crippen LogP contribution in [0.3, 0.4) is 0 Å². The fraction of sp³-hybridized carbons (Fsp3) is 0.500. The van der Waals surface area contributed by atoms with E-state index in [0.29, 0.717) is 44.2 Å². The normalized spacial score (nSPS) is 16.0. The molecule has 3 rings (SSSR count). The van der Waals surface area contributed by atoms with E-state index in [0.717, 1.165) is 6.08 Å². The van der Waals surface area contributed by atoms with Crippen LogP contribution in [-0.2, 0) is 40.6 Å². The van der Waals surface area contributed by atoms with Crippen LogP contribution in [0.5, 0.6) is 0 Å². The summed E-state index contributed by atoms with van der Waals surface area (Å²) in [6.45, 7) is 0.465. The Bertz CT molecular complexity index is 1710. The van der Waals surface area contributed by atoms with Crippen LogP contribution in [0.1, 0.15) is 92.1 Å². The summed E-state index contributed by atoms with van der Waals surface area (Å²) in [5.74, 6) is -6.11. The van der Waals surface area contributed by atoms with Gasteiger partial charge in [-0.2, -0.15) is 8.78 Å². The lowest BCUT2D eigenvalue weighted by Gasteiger charge is -2.29. The number of nitrogens with one attached hydrogen (secondary N) is 1. The van der Waals surface area contributed by atoms with Gasteiger partial charge < -0.3 is 44.7 Å². The third-order valence-corrected chi connectivity index (χ3v) is 13.0. The maximum Gasteiger partial charge on any atom is 0.369 e. The molecule has 2 amide bonds. The average molecular weight is 817 g/mol. The van der Waals surface area contributed by atoms with Gasteiger partial charge >= 0.3 is 33.1 Å². The molecule has 0 radical (unpaired) electrons. The largest absolute Gasteiger partial charge is 0.481 e. The number of aliphatic carboxylic acids is 1.